The van der Waals surface area contributed by atoms with Crippen LogP contribution in [-0.2, 0) is 28.4 Å². The second-order valence-corrected chi connectivity index (χ2v) is 32.4. The fourth-order valence-corrected chi connectivity index (χ4v) is 16.0. The molecule has 0 bridgehead atoms. The van der Waals surface area contributed by atoms with Crippen molar-refractivity contribution in [3.05, 3.63) is 18.9 Å². The summed E-state index contributed by atoms with van der Waals surface area (Å²) in [5.41, 5.74) is -1.28. The predicted octanol–water partition coefficient (Wildman–Crippen LogP) is 22.5. The van der Waals surface area contributed by atoms with E-state index < -0.39 is 10.8 Å². The van der Waals surface area contributed by atoms with E-state index in [1.807, 2.05) is 12.3 Å². The smallest absolute Gasteiger partial charge is 0.191 e. The highest BCUT2D eigenvalue weighted by molar-refractivity contribution is 7.24. The lowest BCUT2D eigenvalue weighted by molar-refractivity contribution is -0.0717. The van der Waals surface area contributed by atoms with E-state index in [1.165, 1.54) is 138 Å². The van der Waals surface area contributed by atoms with E-state index in [2.05, 4.69) is 83.1 Å². The standard InChI is InChI=1S/C50H85ClO8S2.C26H45ClO4S/c1-9-17-21-38(13-5)25-52-30-49(31-53-26-39(14-6)22-18-10-2)34-56-42-29-60-46(43(42)57-35-49)47-44-45(48(51)61-47)59-37-50(36-58-44,32-54-27-40(15-7)23-19-11-3)33-55-28-41(16-8)24-20-12-4;1-6-10-12-21(8-3)14-28-16-26(17-29-15-22(9-4)13-11-7-2)18-30-23-20(5)32-25(27)24(23)31-19-26/h29,38-41H,9-28,30-37H2,1-8H3;21-22H,6-19H2,1-5H3. The molecular weight excluding hydrogens is 1270 g/mol. The van der Waals surface area contributed by atoms with Crippen molar-refractivity contribution in [2.75, 3.05) is 119 Å². The van der Waals surface area contributed by atoms with Crippen LogP contribution in [0, 0.1) is 58.7 Å². The molecule has 0 aliphatic carbocycles. The second kappa shape index (κ2) is 45.8. The van der Waals surface area contributed by atoms with Crippen LogP contribution in [-0.4, -0.2) is 119 Å². The molecule has 17 heteroatoms. The Hall–Kier alpha value is -1.76. The van der Waals surface area contributed by atoms with Gasteiger partial charge < -0.3 is 56.8 Å². The molecule has 3 aliphatic rings. The van der Waals surface area contributed by atoms with Crippen LogP contribution in [0.3, 0.4) is 0 Å². The van der Waals surface area contributed by atoms with Crippen molar-refractivity contribution in [1.29, 1.82) is 0 Å². The van der Waals surface area contributed by atoms with Gasteiger partial charge in [0.2, 0.25) is 0 Å². The van der Waals surface area contributed by atoms with E-state index in [1.54, 1.807) is 11.3 Å². The van der Waals surface area contributed by atoms with Gasteiger partial charge in [0.1, 0.15) is 48.3 Å². The minimum absolute atomic E-state index is 0.335. The zero-order valence-corrected chi connectivity index (χ0v) is 64.6. The van der Waals surface area contributed by atoms with Gasteiger partial charge in [-0.25, -0.2) is 0 Å². The van der Waals surface area contributed by atoms with E-state index in [0.29, 0.717) is 141 Å². The van der Waals surface area contributed by atoms with Gasteiger partial charge in [-0.3, -0.25) is 0 Å². The molecule has 0 radical (unpaired) electrons. The van der Waals surface area contributed by atoms with E-state index in [-0.39, 0.29) is 5.41 Å². The Bertz CT molecular complexity index is 2310. The van der Waals surface area contributed by atoms with Gasteiger partial charge in [0, 0.05) is 49.9 Å². The highest BCUT2D eigenvalue weighted by atomic mass is 35.5. The Morgan fingerprint density at radius 2 is 0.624 bits per heavy atom. The molecule has 0 N–H and O–H groups in total. The van der Waals surface area contributed by atoms with Gasteiger partial charge in [-0.2, -0.15) is 0 Å². The van der Waals surface area contributed by atoms with Crippen molar-refractivity contribution in [2.24, 2.45) is 51.8 Å². The lowest BCUT2D eigenvalue weighted by Gasteiger charge is -2.32. The lowest BCUT2D eigenvalue weighted by atomic mass is 9.91. The lowest BCUT2D eigenvalue weighted by Crippen LogP contribution is -2.43. The summed E-state index contributed by atoms with van der Waals surface area (Å²) in [6.45, 7) is 39.5. The first-order chi connectivity index (χ1) is 45.2. The average Bonchev–Trinajstić information content (AvgIpc) is 1.65. The summed E-state index contributed by atoms with van der Waals surface area (Å²) >= 11 is 18.0. The highest BCUT2D eigenvalue weighted by Gasteiger charge is 2.43. The summed E-state index contributed by atoms with van der Waals surface area (Å²) in [6.07, 6.45) is 28.6. The van der Waals surface area contributed by atoms with E-state index in [0.717, 1.165) is 110 Å². The van der Waals surface area contributed by atoms with Crippen LogP contribution in [0.25, 0.3) is 9.75 Å². The van der Waals surface area contributed by atoms with Gasteiger partial charge in [-0.15, -0.1) is 34.0 Å². The minimum atomic E-state index is -0.490. The number of unbranched alkanes of at least 4 members (excludes halogenated alkanes) is 6. The second-order valence-electron chi connectivity index (χ2n) is 28.0. The third-order valence-corrected chi connectivity index (χ3v) is 23.3. The Morgan fingerprint density at radius 3 is 0.935 bits per heavy atom. The van der Waals surface area contributed by atoms with Crippen LogP contribution in [0.4, 0.5) is 0 Å². The molecule has 0 spiro atoms. The van der Waals surface area contributed by atoms with Crippen LogP contribution >= 0.6 is 57.2 Å². The first-order valence-corrected chi connectivity index (χ1v) is 40.4. The van der Waals surface area contributed by atoms with Gasteiger partial charge in [0.05, 0.1) is 65.6 Å². The zero-order chi connectivity index (χ0) is 67.3. The number of hydrogen-bond donors (Lipinski definition) is 0. The van der Waals surface area contributed by atoms with Crippen molar-refractivity contribution in [3.8, 4) is 44.3 Å². The van der Waals surface area contributed by atoms with Crippen molar-refractivity contribution in [3.63, 3.8) is 0 Å². The Labute approximate surface area is 588 Å². The third-order valence-electron chi connectivity index (χ3n) is 19.6. The normalized spacial score (nSPS) is 20.6. The Balaban J connectivity index is 0.000000411. The van der Waals surface area contributed by atoms with Gasteiger partial charge in [-0.1, -0.05) is 222 Å². The summed E-state index contributed by atoms with van der Waals surface area (Å²) in [5.74, 6) is 7.55. The number of hydrogen-bond acceptors (Lipinski definition) is 15. The molecule has 12 nitrogen and oxygen atoms in total. The largest absolute Gasteiger partial charge is 0.488 e. The third kappa shape index (κ3) is 27.0. The molecule has 93 heavy (non-hydrogen) atoms. The van der Waals surface area contributed by atoms with Crippen LogP contribution in [0.2, 0.25) is 8.67 Å². The van der Waals surface area contributed by atoms with Gasteiger partial charge in [0.25, 0.3) is 0 Å². The molecular formula is C76H130Cl2O12S3. The Morgan fingerprint density at radius 1 is 0.355 bits per heavy atom. The molecule has 3 aliphatic heterocycles. The zero-order valence-electron chi connectivity index (χ0n) is 60.6. The van der Waals surface area contributed by atoms with Crippen molar-refractivity contribution >= 4 is 57.2 Å². The van der Waals surface area contributed by atoms with Gasteiger partial charge in [0.15, 0.2) is 34.5 Å². The number of halogens is 2. The first-order valence-electron chi connectivity index (χ1n) is 37.2. The number of rotatable bonds is 49. The first kappa shape index (κ1) is 81.9. The molecule has 0 aromatic carbocycles. The van der Waals surface area contributed by atoms with Crippen LogP contribution in [0.5, 0.6) is 34.5 Å². The SMILES string of the molecule is CCCCC(CC)COCC1(COCC(CC)CCCC)COc2c(C)sc(Cl)c2OC1.CCCCC(CC)COCC1(COCC(CC)CCCC)COc2csc(-c3sc(Cl)c4c3OCC(COCC(CC)CCCC)(COCC(CC)CCCC)CO4)c2OC1. The summed E-state index contributed by atoms with van der Waals surface area (Å²) < 4.78 is 79.5. The van der Waals surface area contributed by atoms with Crippen LogP contribution in [0.1, 0.15) is 242 Å². The van der Waals surface area contributed by atoms with Crippen molar-refractivity contribution in [2.45, 2.75) is 244 Å². The quantitative estimate of drug-likeness (QED) is 0.0537. The molecule has 0 amide bonds. The minimum Gasteiger partial charge on any atom is -0.488 e. The van der Waals surface area contributed by atoms with Crippen LogP contribution < -0.4 is 28.4 Å². The highest BCUT2D eigenvalue weighted by Crippen LogP contribution is 2.58. The summed E-state index contributed by atoms with van der Waals surface area (Å²) in [7, 11) is 0. The molecule has 0 saturated carbocycles. The maximum absolute atomic E-state index is 7.04. The predicted molar refractivity (Wildman–Crippen MR) is 392 cm³/mol. The number of ether oxygens (including phenoxy) is 12. The number of thiophene rings is 3. The molecule has 6 rings (SSSR count). The fourth-order valence-electron chi connectivity index (χ4n) is 12.4. The van der Waals surface area contributed by atoms with Gasteiger partial charge in [-0.05, 0) is 81.0 Å². The molecule has 6 unspecified atom stereocenters. The van der Waals surface area contributed by atoms with Gasteiger partial charge >= 0.3 is 0 Å². The van der Waals surface area contributed by atoms with Crippen LogP contribution in [0.15, 0.2) is 5.38 Å². The number of aryl methyl sites for hydroxylation is 1. The van der Waals surface area contributed by atoms with E-state index in [4.69, 9.17) is 80.0 Å². The maximum atomic E-state index is 7.04. The molecule has 3 aromatic rings. The topological polar surface area (TPSA) is 111 Å². The fraction of sp³-hybridized carbons (Fsp3) is 0.842. The van der Waals surface area contributed by atoms with E-state index in [9.17, 15) is 0 Å². The van der Waals surface area contributed by atoms with Crippen molar-refractivity contribution in [1.82, 2.24) is 0 Å². The molecule has 0 saturated heterocycles. The maximum Gasteiger partial charge on any atom is 0.191 e. The molecule has 0 fully saturated rings. The Kier molecular flexibility index (Phi) is 40.4. The van der Waals surface area contributed by atoms with E-state index >= 15 is 0 Å². The molecule has 6 heterocycles. The monoisotopic (exact) mass is 1400 g/mol. The molecule has 538 valence electrons. The van der Waals surface area contributed by atoms with Crippen molar-refractivity contribution < 1.29 is 56.8 Å². The summed E-state index contributed by atoms with van der Waals surface area (Å²) in [5, 5.41) is 2.05. The average molecular weight is 1400 g/mol. The summed E-state index contributed by atoms with van der Waals surface area (Å²) in [6, 6.07) is 0. The number of fused-ring (bicyclic) bond motifs is 3. The molecule has 6 atom stereocenters. The summed E-state index contributed by atoms with van der Waals surface area (Å²) in [4.78, 5) is 2.88. The molecule has 3 aromatic heterocycles.